The second-order valence-electron chi connectivity index (χ2n) is 3.15. The van der Waals surface area contributed by atoms with Gasteiger partial charge in [0.05, 0.1) is 0 Å². The van der Waals surface area contributed by atoms with Gasteiger partial charge in [0.15, 0.2) is 0 Å². The van der Waals surface area contributed by atoms with Gasteiger partial charge in [-0.15, -0.1) is 0 Å². The fraction of sp³-hybridized carbons (Fsp3) is 0.400. The van der Waals surface area contributed by atoms with E-state index in [4.69, 9.17) is 9.84 Å². The Hall–Kier alpha value is -1.81. The predicted molar refractivity (Wildman–Crippen MR) is 80.0 cm³/mol. The van der Waals surface area contributed by atoms with Crippen molar-refractivity contribution in [2.45, 2.75) is 26.4 Å². The van der Waals surface area contributed by atoms with Gasteiger partial charge in [0.2, 0.25) is 0 Å². The molecule has 0 rings (SSSR count). The molecule has 4 nitrogen and oxygen atoms in total. The number of hydrogen-bond acceptors (Lipinski definition) is 3. The molecule has 0 radical (unpaired) electrons. The summed E-state index contributed by atoms with van der Waals surface area (Å²) in [4.78, 5) is 11.2. The molecule has 1 atom stereocenters. The van der Waals surface area contributed by atoms with E-state index in [-0.39, 0.29) is 6.61 Å². The summed E-state index contributed by atoms with van der Waals surface area (Å²) in [6.45, 7) is 11.1. The van der Waals surface area contributed by atoms with E-state index in [1.807, 2.05) is 13.8 Å². The Labute approximate surface area is 116 Å². The average molecular weight is 267 g/mol. The van der Waals surface area contributed by atoms with Crippen LogP contribution in [0.25, 0.3) is 0 Å². The lowest BCUT2D eigenvalue weighted by molar-refractivity contribution is 0.102. The van der Waals surface area contributed by atoms with E-state index >= 15 is 0 Å². The molecule has 0 aromatic heterocycles. The van der Waals surface area contributed by atoms with E-state index in [1.54, 1.807) is 30.4 Å². The van der Waals surface area contributed by atoms with Crippen LogP contribution in [0.1, 0.15) is 20.3 Å². The van der Waals surface area contributed by atoms with Crippen molar-refractivity contribution in [1.29, 1.82) is 0 Å². The molecule has 1 amide bonds. The zero-order chi connectivity index (χ0) is 15.1. The van der Waals surface area contributed by atoms with Crippen molar-refractivity contribution in [2.24, 2.45) is 0 Å². The van der Waals surface area contributed by atoms with Crippen molar-refractivity contribution in [1.82, 2.24) is 5.32 Å². The Kier molecular flexibility index (Phi) is 14.6. The maximum absolute atomic E-state index is 11.2. The number of aliphatic hydroxyl groups is 1. The molecule has 2 N–H and O–H groups in total. The highest BCUT2D eigenvalue weighted by Crippen LogP contribution is 2.13. The van der Waals surface area contributed by atoms with Crippen LogP contribution in [0, 0.1) is 0 Å². The molecular weight excluding hydrogens is 242 g/mol. The molecule has 0 aliphatic carbocycles. The number of nitrogens with one attached hydrogen (secondary N) is 1. The molecule has 0 saturated heterocycles. The number of carbonyl (C=O) groups excluding carboxylic acids is 1. The summed E-state index contributed by atoms with van der Waals surface area (Å²) in [6.07, 6.45) is 7.72. The van der Waals surface area contributed by atoms with Crippen molar-refractivity contribution < 1.29 is 14.6 Å². The third-order valence-corrected chi connectivity index (χ3v) is 1.95. The number of aliphatic hydroxyl groups excluding tert-OH is 1. The van der Waals surface area contributed by atoms with E-state index in [0.717, 1.165) is 5.57 Å². The average Bonchev–Trinajstić information content (AvgIpc) is 2.45. The molecular formula is C15H25NO3. The number of ether oxygens (including phenoxy) is 1. The largest absolute Gasteiger partial charge is 0.441 e. The van der Waals surface area contributed by atoms with Crippen LogP contribution in [0.5, 0.6) is 0 Å². The third kappa shape index (κ3) is 9.85. The van der Waals surface area contributed by atoms with E-state index in [1.165, 1.54) is 7.05 Å². The highest BCUT2D eigenvalue weighted by molar-refractivity contribution is 5.67. The fourth-order valence-corrected chi connectivity index (χ4v) is 1.18. The molecule has 0 fully saturated rings. The van der Waals surface area contributed by atoms with Crippen molar-refractivity contribution >= 4 is 6.09 Å². The van der Waals surface area contributed by atoms with Crippen LogP contribution < -0.4 is 5.32 Å². The van der Waals surface area contributed by atoms with Gasteiger partial charge in [0.1, 0.15) is 6.10 Å². The van der Waals surface area contributed by atoms with Crippen LogP contribution in [0.3, 0.4) is 0 Å². The van der Waals surface area contributed by atoms with E-state index in [2.05, 4.69) is 18.5 Å². The number of allylic oxidation sites excluding steroid dienone is 4. The number of amides is 1. The highest BCUT2D eigenvalue weighted by Gasteiger charge is 2.15. The van der Waals surface area contributed by atoms with Gasteiger partial charge in [-0.05, 0) is 5.57 Å². The lowest BCUT2D eigenvalue weighted by atomic mass is 10.1. The van der Waals surface area contributed by atoms with Crippen LogP contribution in [0.15, 0.2) is 49.1 Å². The van der Waals surface area contributed by atoms with Gasteiger partial charge in [-0.1, -0.05) is 57.4 Å². The molecule has 0 spiro atoms. The van der Waals surface area contributed by atoms with Crippen LogP contribution >= 0.6 is 0 Å². The van der Waals surface area contributed by atoms with E-state index in [9.17, 15) is 4.79 Å². The Morgan fingerprint density at radius 1 is 1.37 bits per heavy atom. The van der Waals surface area contributed by atoms with Crippen LogP contribution in [0.4, 0.5) is 4.79 Å². The van der Waals surface area contributed by atoms with Gasteiger partial charge in [-0.3, -0.25) is 0 Å². The minimum Gasteiger partial charge on any atom is -0.441 e. The number of alkyl carbamates (subject to hydrolysis) is 1. The SMILES string of the molecule is C=C/C=C\C(=C/C=C)C(CCO)OC(=O)NC.CC. The second-order valence-corrected chi connectivity index (χ2v) is 3.15. The summed E-state index contributed by atoms with van der Waals surface area (Å²) in [5.41, 5.74) is 0.748. The Morgan fingerprint density at radius 2 is 2.00 bits per heavy atom. The molecule has 108 valence electrons. The summed E-state index contributed by atoms with van der Waals surface area (Å²) in [5.74, 6) is 0. The number of rotatable bonds is 7. The summed E-state index contributed by atoms with van der Waals surface area (Å²) in [5, 5.41) is 11.3. The monoisotopic (exact) mass is 267 g/mol. The molecule has 0 aliphatic rings. The smallest absolute Gasteiger partial charge is 0.407 e. The summed E-state index contributed by atoms with van der Waals surface area (Å²) >= 11 is 0. The van der Waals surface area contributed by atoms with Gasteiger partial charge < -0.3 is 15.2 Å². The van der Waals surface area contributed by atoms with Crippen molar-refractivity contribution in [3.05, 3.63) is 49.1 Å². The second kappa shape index (κ2) is 14.3. The summed E-state index contributed by atoms with van der Waals surface area (Å²) in [6, 6.07) is 0. The van der Waals surface area contributed by atoms with Crippen molar-refractivity contribution in [3.8, 4) is 0 Å². The lowest BCUT2D eigenvalue weighted by Crippen LogP contribution is -2.27. The molecule has 4 heteroatoms. The molecule has 0 aliphatic heterocycles. The molecule has 0 bridgehead atoms. The first-order chi connectivity index (χ1) is 9.19. The first-order valence-corrected chi connectivity index (χ1v) is 6.30. The quantitative estimate of drug-likeness (QED) is 0.697. The molecule has 1 unspecified atom stereocenters. The van der Waals surface area contributed by atoms with Crippen molar-refractivity contribution in [2.75, 3.05) is 13.7 Å². The number of hydrogen-bond donors (Lipinski definition) is 2. The van der Waals surface area contributed by atoms with Crippen LogP contribution in [-0.2, 0) is 4.74 Å². The maximum atomic E-state index is 11.2. The first kappa shape index (κ1) is 19.5. The van der Waals surface area contributed by atoms with Gasteiger partial charge in [-0.2, -0.15) is 0 Å². The van der Waals surface area contributed by atoms with E-state index < -0.39 is 12.2 Å². The molecule has 0 heterocycles. The van der Waals surface area contributed by atoms with Crippen molar-refractivity contribution in [3.63, 3.8) is 0 Å². The molecule has 0 saturated carbocycles. The minimum absolute atomic E-state index is 0.0714. The Balaban J connectivity index is 0. The molecule has 0 aromatic carbocycles. The Bertz CT molecular complexity index is 319. The zero-order valence-electron chi connectivity index (χ0n) is 12.1. The Morgan fingerprint density at radius 3 is 2.42 bits per heavy atom. The number of carbonyl (C=O) groups is 1. The summed E-state index contributed by atoms with van der Waals surface area (Å²) in [7, 11) is 1.48. The summed E-state index contributed by atoms with van der Waals surface area (Å²) < 4.78 is 5.14. The zero-order valence-corrected chi connectivity index (χ0v) is 12.1. The minimum atomic E-state index is -0.537. The van der Waals surface area contributed by atoms with Crippen LogP contribution in [0.2, 0.25) is 0 Å². The molecule has 0 aromatic rings. The van der Waals surface area contributed by atoms with Gasteiger partial charge in [0, 0.05) is 20.1 Å². The predicted octanol–water partition coefficient (Wildman–Crippen LogP) is 2.97. The van der Waals surface area contributed by atoms with Gasteiger partial charge in [-0.25, -0.2) is 4.79 Å². The normalized spacial score (nSPS) is 12.1. The van der Waals surface area contributed by atoms with Crippen LogP contribution in [-0.4, -0.2) is 31.0 Å². The maximum Gasteiger partial charge on any atom is 0.407 e. The third-order valence-electron chi connectivity index (χ3n) is 1.95. The lowest BCUT2D eigenvalue weighted by Gasteiger charge is -2.17. The van der Waals surface area contributed by atoms with E-state index in [0.29, 0.717) is 6.42 Å². The molecule has 19 heavy (non-hydrogen) atoms. The highest BCUT2D eigenvalue weighted by atomic mass is 16.6. The standard InChI is InChI=1S/C13H19NO3.C2H6/c1-4-6-8-11(7-5-2)12(9-10-15)17-13(16)14-3;1-2/h4-8,12,15H,1-2,9-10H2,3H3,(H,14,16);1-2H3/b8-6-,11-7+;. The fourth-order valence-electron chi connectivity index (χ4n) is 1.18. The van der Waals surface area contributed by atoms with Gasteiger partial charge >= 0.3 is 6.09 Å². The topological polar surface area (TPSA) is 58.6 Å². The van der Waals surface area contributed by atoms with Gasteiger partial charge in [0.25, 0.3) is 0 Å². The first-order valence-electron chi connectivity index (χ1n) is 6.30.